The minimum Gasteiger partial charge on any atom is -0.479 e. The summed E-state index contributed by atoms with van der Waals surface area (Å²) in [6, 6.07) is 0. The van der Waals surface area contributed by atoms with E-state index in [1.165, 1.54) is 14.2 Å². The van der Waals surface area contributed by atoms with E-state index in [2.05, 4.69) is 9.62 Å². The van der Waals surface area contributed by atoms with Gasteiger partial charge in [0.05, 0.1) is 0 Å². The molecule has 0 saturated heterocycles. The molecule has 0 aromatic carbocycles. The Labute approximate surface area is 69.6 Å². The third-order valence-corrected chi connectivity index (χ3v) is 1.38. The monoisotopic (exact) mass is 180 g/mol. The highest BCUT2D eigenvalue weighted by molar-refractivity contribution is 5.73. The van der Waals surface area contributed by atoms with Gasteiger partial charge in [-0.25, -0.2) is 9.68 Å². The number of hydrogen-bond donors (Lipinski definition) is 2. The first-order valence-corrected chi connectivity index (χ1v) is 3.22. The van der Waals surface area contributed by atoms with Crippen molar-refractivity contribution in [2.75, 3.05) is 20.8 Å². The molecule has 0 spiro atoms. The molecule has 0 aromatic heterocycles. The van der Waals surface area contributed by atoms with Gasteiger partial charge >= 0.3 is 5.97 Å². The first kappa shape index (κ1) is 11.3. The molecule has 0 rings (SSSR count). The summed E-state index contributed by atoms with van der Waals surface area (Å²) in [7, 11) is 2.54. The van der Waals surface area contributed by atoms with E-state index < -0.39 is 18.2 Å². The molecule has 0 aliphatic heterocycles. The van der Waals surface area contributed by atoms with Crippen molar-refractivity contribution in [1.29, 1.82) is 0 Å². The normalized spacial score (nSPS) is 15.6. The fraction of sp³-hybridized carbons (Fsp3) is 0.833. The molecule has 6 heteroatoms. The summed E-state index contributed by atoms with van der Waals surface area (Å²) >= 11 is 0. The molecule has 2 N–H and O–H groups in total. The van der Waals surface area contributed by atoms with Crippen LogP contribution < -0.4 is 0 Å². The smallest absolute Gasteiger partial charge is 0.335 e. The summed E-state index contributed by atoms with van der Waals surface area (Å²) in [6.07, 6.45) is -1.96. The van der Waals surface area contributed by atoms with Crippen molar-refractivity contribution < 1.29 is 29.5 Å². The Hall–Kier alpha value is -0.690. The standard InChI is InChI=1S/C6H12O6/c1-10-4(3-12-9)5(11-2)6(7)8/h4-5,9H,3H2,1-2H3,(H,7,8). The maximum atomic E-state index is 10.5. The van der Waals surface area contributed by atoms with Crippen LogP contribution in [-0.2, 0) is 19.2 Å². The third-order valence-electron chi connectivity index (χ3n) is 1.38. The summed E-state index contributed by atoms with van der Waals surface area (Å²) in [5.41, 5.74) is 0. The van der Waals surface area contributed by atoms with Crippen molar-refractivity contribution in [3.63, 3.8) is 0 Å². The number of hydrogen-bond acceptors (Lipinski definition) is 5. The molecule has 0 saturated carbocycles. The molecule has 2 atom stereocenters. The van der Waals surface area contributed by atoms with E-state index >= 15 is 0 Å². The van der Waals surface area contributed by atoms with E-state index in [1.807, 2.05) is 0 Å². The quantitative estimate of drug-likeness (QED) is 0.427. The lowest BCUT2D eigenvalue weighted by molar-refractivity contribution is -0.266. The van der Waals surface area contributed by atoms with Gasteiger partial charge in [0.25, 0.3) is 0 Å². The highest BCUT2D eigenvalue weighted by Gasteiger charge is 2.28. The molecule has 0 heterocycles. The third kappa shape index (κ3) is 3.14. The lowest BCUT2D eigenvalue weighted by Crippen LogP contribution is -2.39. The molecule has 0 aromatic rings. The molecular weight excluding hydrogens is 168 g/mol. The Kier molecular flexibility index (Phi) is 5.56. The van der Waals surface area contributed by atoms with Gasteiger partial charge in [0, 0.05) is 14.2 Å². The zero-order valence-electron chi connectivity index (χ0n) is 6.89. The van der Waals surface area contributed by atoms with Crippen LogP contribution in [0.1, 0.15) is 0 Å². The van der Waals surface area contributed by atoms with Crippen molar-refractivity contribution in [2.24, 2.45) is 0 Å². The Morgan fingerprint density at radius 1 is 1.42 bits per heavy atom. The van der Waals surface area contributed by atoms with E-state index in [0.717, 1.165) is 0 Å². The first-order chi connectivity index (χ1) is 5.67. The van der Waals surface area contributed by atoms with Crippen LogP contribution in [0.15, 0.2) is 0 Å². The number of aliphatic carboxylic acids is 1. The number of ether oxygens (including phenoxy) is 2. The molecule has 0 aliphatic carbocycles. The number of carboxylic acid groups (broad SMARTS) is 1. The SMILES string of the molecule is COC(COO)C(OC)C(=O)O. The van der Waals surface area contributed by atoms with Crippen LogP contribution in [0.25, 0.3) is 0 Å². The van der Waals surface area contributed by atoms with Gasteiger partial charge in [-0.1, -0.05) is 0 Å². The van der Waals surface area contributed by atoms with Gasteiger partial charge in [0.2, 0.25) is 0 Å². The molecule has 0 amide bonds. The second-order valence-electron chi connectivity index (χ2n) is 2.06. The van der Waals surface area contributed by atoms with Gasteiger partial charge in [-0.2, -0.15) is 0 Å². The minimum atomic E-state index is -1.17. The number of rotatable bonds is 6. The van der Waals surface area contributed by atoms with E-state index in [0.29, 0.717) is 0 Å². The lowest BCUT2D eigenvalue weighted by Gasteiger charge is -2.19. The van der Waals surface area contributed by atoms with Gasteiger partial charge in [-0.15, -0.1) is 0 Å². The topological polar surface area (TPSA) is 85.2 Å². The first-order valence-electron chi connectivity index (χ1n) is 3.22. The summed E-state index contributed by atoms with van der Waals surface area (Å²) in [5.74, 6) is -1.17. The van der Waals surface area contributed by atoms with Crippen molar-refractivity contribution >= 4 is 5.97 Å². The van der Waals surface area contributed by atoms with Gasteiger partial charge in [-0.05, 0) is 0 Å². The van der Waals surface area contributed by atoms with Crippen LogP contribution in [0, 0.1) is 0 Å². The number of carbonyl (C=O) groups is 1. The molecule has 0 aliphatic rings. The average Bonchev–Trinajstić information content (AvgIpc) is 2.03. The van der Waals surface area contributed by atoms with Gasteiger partial charge in [0.15, 0.2) is 6.10 Å². The molecule has 0 fully saturated rings. The van der Waals surface area contributed by atoms with Crippen molar-refractivity contribution in [3.05, 3.63) is 0 Å². The minimum absolute atomic E-state index is 0.249. The Balaban J connectivity index is 4.12. The van der Waals surface area contributed by atoms with Crippen LogP contribution in [0.5, 0.6) is 0 Å². The number of methoxy groups -OCH3 is 2. The summed E-state index contributed by atoms with van der Waals surface area (Å²) < 4.78 is 9.32. The molecule has 6 nitrogen and oxygen atoms in total. The number of carboxylic acids is 1. The van der Waals surface area contributed by atoms with Crippen LogP contribution in [0.3, 0.4) is 0 Å². The van der Waals surface area contributed by atoms with Crippen LogP contribution >= 0.6 is 0 Å². The predicted molar refractivity (Wildman–Crippen MR) is 37.8 cm³/mol. The second kappa shape index (κ2) is 5.90. The zero-order valence-corrected chi connectivity index (χ0v) is 6.89. The Bertz CT molecular complexity index is 136. The summed E-state index contributed by atoms with van der Waals surface area (Å²) in [4.78, 5) is 14.2. The molecule has 12 heavy (non-hydrogen) atoms. The fourth-order valence-electron chi connectivity index (χ4n) is 0.764. The van der Waals surface area contributed by atoms with Crippen molar-refractivity contribution in [3.8, 4) is 0 Å². The maximum absolute atomic E-state index is 10.5. The highest BCUT2D eigenvalue weighted by Crippen LogP contribution is 2.03. The molecule has 0 radical (unpaired) electrons. The van der Waals surface area contributed by atoms with E-state index in [4.69, 9.17) is 15.1 Å². The lowest BCUT2D eigenvalue weighted by atomic mass is 10.2. The second-order valence-corrected chi connectivity index (χ2v) is 2.06. The van der Waals surface area contributed by atoms with Gasteiger partial charge in [-0.3, -0.25) is 5.26 Å². The Morgan fingerprint density at radius 2 is 2.00 bits per heavy atom. The van der Waals surface area contributed by atoms with E-state index in [9.17, 15) is 4.79 Å². The van der Waals surface area contributed by atoms with E-state index in [1.54, 1.807) is 0 Å². The van der Waals surface area contributed by atoms with Crippen LogP contribution in [0.2, 0.25) is 0 Å². The zero-order chi connectivity index (χ0) is 9.56. The molecule has 2 unspecified atom stereocenters. The van der Waals surface area contributed by atoms with Gasteiger partial charge in [0.1, 0.15) is 12.7 Å². The summed E-state index contributed by atoms with van der Waals surface area (Å²) in [6.45, 7) is -0.249. The van der Waals surface area contributed by atoms with Crippen molar-refractivity contribution in [2.45, 2.75) is 12.2 Å². The van der Waals surface area contributed by atoms with Crippen LogP contribution in [-0.4, -0.2) is 49.4 Å². The fourth-order valence-corrected chi connectivity index (χ4v) is 0.764. The van der Waals surface area contributed by atoms with Crippen molar-refractivity contribution in [1.82, 2.24) is 0 Å². The van der Waals surface area contributed by atoms with Crippen LogP contribution in [0.4, 0.5) is 0 Å². The molecule has 0 bridgehead atoms. The van der Waals surface area contributed by atoms with Gasteiger partial charge < -0.3 is 14.6 Å². The maximum Gasteiger partial charge on any atom is 0.335 e. The average molecular weight is 180 g/mol. The molecule has 72 valence electrons. The molecular formula is C6H12O6. The largest absolute Gasteiger partial charge is 0.479 e. The Morgan fingerprint density at radius 3 is 2.25 bits per heavy atom. The highest BCUT2D eigenvalue weighted by atomic mass is 17.1. The van der Waals surface area contributed by atoms with E-state index in [-0.39, 0.29) is 6.61 Å². The summed E-state index contributed by atoms with van der Waals surface area (Å²) in [5, 5.41) is 16.6. The predicted octanol–water partition coefficient (Wildman–Crippen LogP) is -0.409.